The van der Waals surface area contributed by atoms with Gasteiger partial charge in [-0.15, -0.1) is 11.3 Å². The molecule has 3 nitrogen and oxygen atoms in total. The van der Waals surface area contributed by atoms with Crippen LogP contribution in [0.3, 0.4) is 0 Å². The normalized spacial score (nSPS) is 19.4. The minimum absolute atomic E-state index is 0.267. The molecule has 0 radical (unpaired) electrons. The maximum absolute atomic E-state index is 9.52. The molecule has 0 saturated carbocycles. The first-order chi connectivity index (χ1) is 9.13. The van der Waals surface area contributed by atoms with Crippen LogP contribution in [-0.2, 0) is 6.42 Å². The van der Waals surface area contributed by atoms with E-state index in [9.17, 15) is 5.11 Å². The fourth-order valence-electron chi connectivity index (χ4n) is 2.72. The SMILES string of the molecule is Cc1cnc(C(C)NC2CCc3cc(O)ccc32)s1. The van der Waals surface area contributed by atoms with Gasteiger partial charge in [-0.1, -0.05) is 6.07 Å². The maximum atomic E-state index is 9.52. The summed E-state index contributed by atoms with van der Waals surface area (Å²) in [6.07, 6.45) is 4.05. The van der Waals surface area contributed by atoms with Crippen molar-refractivity contribution in [2.45, 2.75) is 38.8 Å². The highest BCUT2D eigenvalue weighted by Crippen LogP contribution is 2.35. The molecule has 1 aromatic carbocycles. The number of fused-ring (bicyclic) bond motifs is 1. The first kappa shape index (κ1) is 12.6. The number of aromatic hydroxyl groups is 1. The third-order valence-electron chi connectivity index (χ3n) is 3.67. The van der Waals surface area contributed by atoms with E-state index in [4.69, 9.17) is 0 Å². The second kappa shape index (κ2) is 4.94. The number of hydrogen-bond acceptors (Lipinski definition) is 4. The number of rotatable bonds is 3. The Balaban J connectivity index is 1.76. The summed E-state index contributed by atoms with van der Waals surface area (Å²) in [5, 5.41) is 14.3. The summed E-state index contributed by atoms with van der Waals surface area (Å²) >= 11 is 1.75. The predicted molar refractivity (Wildman–Crippen MR) is 77.6 cm³/mol. The van der Waals surface area contributed by atoms with Crippen LogP contribution in [0.5, 0.6) is 5.75 Å². The first-order valence-electron chi connectivity index (χ1n) is 6.63. The quantitative estimate of drug-likeness (QED) is 0.900. The molecule has 4 heteroatoms. The summed E-state index contributed by atoms with van der Waals surface area (Å²) in [6.45, 7) is 4.25. The molecule has 2 atom stereocenters. The molecule has 0 bridgehead atoms. The Morgan fingerprint density at radius 3 is 3.05 bits per heavy atom. The number of aryl methyl sites for hydroxylation is 2. The molecule has 100 valence electrons. The van der Waals surface area contributed by atoms with E-state index in [0.29, 0.717) is 11.8 Å². The lowest BCUT2D eigenvalue weighted by Gasteiger charge is -2.18. The van der Waals surface area contributed by atoms with Crippen molar-refractivity contribution in [3.63, 3.8) is 0 Å². The summed E-state index contributed by atoms with van der Waals surface area (Å²) in [5.41, 5.74) is 2.58. The molecule has 1 aliphatic carbocycles. The fraction of sp³-hybridized carbons (Fsp3) is 0.400. The van der Waals surface area contributed by atoms with Gasteiger partial charge in [0.15, 0.2) is 0 Å². The van der Waals surface area contributed by atoms with Crippen molar-refractivity contribution < 1.29 is 5.11 Å². The lowest BCUT2D eigenvalue weighted by Crippen LogP contribution is -2.22. The minimum atomic E-state index is 0.267. The van der Waals surface area contributed by atoms with Crippen molar-refractivity contribution in [2.24, 2.45) is 0 Å². The monoisotopic (exact) mass is 274 g/mol. The Hall–Kier alpha value is -1.39. The van der Waals surface area contributed by atoms with Gasteiger partial charge in [-0.25, -0.2) is 4.98 Å². The topological polar surface area (TPSA) is 45.2 Å². The maximum Gasteiger partial charge on any atom is 0.115 e. The molecule has 2 aromatic rings. The van der Waals surface area contributed by atoms with E-state index in [2.05, 4.69) is 24.1 Å². The summed E-state index contributed by atoms with van der Waals surface area (Å²) < 4.78 is 0. The summed E-state index contributed by atoms with van der Waals surface area (Å²) in [6, 6.07) is 6.33. The van der Waals surface area contributed by atoms with Crippen molar-refractivity contribution in [1.29, 1.82) is 0 Å². The first-order valence-corrected chi connectivity index (χ1v) is 7.45. The van der Waals surface area contributed by atoms with E-state index in [-0.39, 0.29) is 6.04 Å². The molecular formula is C15H18N2OS. The van der Waals surface area contributed by atoms with E-state index in [0.717, 1.165) is 17.8 Å². The third-order valence-corrected chi connectivity index (χ3v) is 4.76. The number of phenols is 1. The lowest BCUT2D eigenvalue weighted by atomic mass is 10.1. The van der Waals surface area contributed by atoms with Crippen LogP contribution in [0.2, 0.25) is 0 Å². The van der Waals surface area contributed by atoms with Crippen LogP contribution >= 0.6 is 11.3 Å². The average molecular weight is 274 g/mol. The molecule has 1 heterocycles. The number of phenolic OH excluding ortho intramolecular Hbond substituents is 1. The summed E-state index contributed by atoms with van der Waals surface area (Å²) in [7, 11) is 0. The second-order valence-corrected chi connectivity index (χ2v) is 6.44. The van der Waals surface area contributed by atoms with Crippen LogP contribution in [0, 0.1) is 6.92 Å². The average Bonchev–Trinajstić information content (AvgIpc) is 2.96. The number of benzene rings is 1. The van der Waals surface area contributed by atoms with Gasteiger partial charge in [0, 0.05) is 17.1 Å². The number of aromatic nitrogens is 1. The molecule has 0 aliphatic heterocycles. The zero-order valence-corrected chi connectivity index (χ0v) is 12.0. The molecule has 0 amide bonds. The van der Waals surface area contributed by atoms with E-state index >= 15 is 0 Å². The highest BCUT2D eigenvalue weighted by Gasteiger charge is 2.24. The Kier molecular flexibility index (Phi) is 3.29. The van der Waals surface area contributed by atoms with E-state index in [1.165, 1.54) is 16.0 Å². The number of nitrogens with one attached hydrogen (secondary N) is 1. The van der Waals surface area contributed by atoms with Gasteiger partial charge in [-0.3, -0.25) is 0 Å². The molecule has 19 heavy (non-hydrogen) atoms. The van der Waals surface area contributed by atoms with Gasteiger partial charge in [0.05, 0.1) is 6.04 Å². The van der Waals surface area contributed by atoms with Crippen molar-refractivity contribution in [2.75, 3.05) is 0 Å². The fourth-order valence-corrected chi connectivity index (χ4v) is 3.51. The second-order valence-electron chi connectivity index (χ2n) is 5.17. The van der Waals surface area contributed by atoms with Gasteiger partial charge < -0.3 is 10.4 Å². The lowest BCUT2D eigenvalue weighted by molar-refractivity contribution is 0.463. The van der Waals surface area contributed by atoms with E-state index < -0.39 is 0 Å². The Morgan fingerprint density at radius 2 is 2.32 bits per heavy atom. The van der Waals surface area contributed by atoms with Crippen molar-refractivity contribution in [3.8, 4) is 5.75 Å². The highest BCUT2D eigenvalue weighted by molar-refractivity contribution is 7.11. The predicted octanol–water partition coefficient (Wildman–Crippen LogP) is 3.50. The summed E-state index contributed by atoms with van der Waals surface area (Å²) in [5.74, 6) is 0.364. The van der Waals surface area contributed by atoms with Gasteiger partial charge in [-0.2, -0.15) is 0 Å². The van der Waals surface area contributed by atoms with Crippen molar-refractivity contribution >= 4 is 11.3 Å². The number of nitrogens with zero attached hydrogens (tertiary/aromatic N) is 1. The van der Waals surface area contributed by atoms with Crippen LogP contribution in [0.4, 0.5) is 0 Å². The van der Waals surface area contributed by atoms with Gasteiger partial charge in [0.1, 0.15) is 10.8 Å². The van der Waals surface area contributed by atoms with E-state index in [1.54, 1.807) is 17.4 Å². The largest absolute Gasteiger partial charge is 0.508 e. The van der Waals surface area contributed by atoms with Crippen LogP contribution in [0.15, 0.2) is 24.4 Å². The molecule has 0 fully saturated rings. The molecule has 1 aliphatic rings. The van der Waals surface area contributed by atoms with Crippen LogP contribution < -0.4 is 5.32 Å². The van der Waals surface area contributed by atoms with Gasteiger partial charge in [0.2, 0.25) is 0 Å². The van der Waals surface area contributed by atoms with Gasteiger partial charge in [-0.05, 0) is 49.9 Å². The van der Waals surface area contributed by atoms with Gasteiger partial charge in [0.25, 0.3) is 0 Å². The number of thiazole rings is 1. The van der Waals surface area contributed by atoms with Crippen molar-refractivity contribution in [3.05, 3.63) is 45.4 Å². The molecule has 3 rings (SSSR count). The molecule has 2 unspecified atom stereocenters. The molecule has 0 saturated heterocycles. The highest BCUT2D eigenvalue weighted by atomic mass is 32.1. The van der Waals surface area contributed by atoms with Gasteiger partial charge >= 0.3 is 0 Å². The minimum Gasteiger partial charge on any atom is -0.508 e. The number of hydrogen-bond donors (Lipinski definition) is 2. The zero-order valence-electron chi connectivity index (χ0n) is 11.2. The van der Waals surface area contributed by atoms with Crippen molar-refractivity contribution in [1.82, 2.24) is 10.3 Å². The Morgan fingerprint density at radius 1 is 1.47 bits per heavy atom. The standard InChI is InChI=1S/C15H18N2OS/c1-9-8-16-15(19-9)10(2)17-14-6-3-11-7-12(18)4-5-13(11)14/h4-5,7-8,10,14,17-18H,3,6H2,1-2H3. The Labute approximate surface area is 117 Å². The van der Waals surface area contributed by atoms with Crippen LogP contribution in [-0.4, -0.2) is 10.1 Å². The molecule has 0 spiro atoms. The molecule has 1 aromatic heterocycles. The molecule has 2 N–H and O–H groups in total. The third kappa shape index (κ3) is 2.51. The Bertz CT molecular complexity index is 594. The molecular weight excluding hydrogens is 256 g/mol. The smallest absolute Gasteiger partial charge is 0.115 e. The summed E-state index contributed by atoms with van der Waals surface area (Å²) in [4.78, 5) is 5.69. The zero-order chi connectivity index (χ0) is 13.4. The van der Waals surface area contributed by atoms with Crippen LogP contribution in [0.25, 0.3) is 0 Å². The van der Waals surface area contributed by atoms with E-state index in [1.807, 2.05) is 18.3 Å². The van der Waals surface area contributed by atoms with Crippen LogP contribution in [0.1, 0.15) is 46.4 Å².